The summed E-state index contributed by atoms with van der Waals surface area (Å²) in [6, 6.07) is 5.65. The molecule has 0 bridgehead atoms. The molecule has 3 rings (SSSR count). The first-order valence-corrected chi connectivity index (χ1v) is 10.2. The largest absolute Gasteiger partial charge is 0.343 e. The fourth-order valence-electron chi connectivity index (χ4n) is 4.03. The lowest BCUT2D eigenvalue weighted by Gasteiger charge is -2.33. The van der Waals surface area contributed by atoms with E-state index in [2.05, 4.69) is 5.32 Å². The van der Waals surface area contributed by atoms with Crippen LogP contribution in [-0.2, 0) is 4.79 Å². The van der Waals surface area contributed by atoms with E-state index in [-0.39, 0.29) is 17.8 Å². The van der Waals surface area contributed by atoms with Crippen LogP contribution in [0, 0.1) is 11.7 Å². The first-order valence-electron chi connectivity index (χ1n) is 10.2. The first kappa shape index (κ1) is 19.6. The number of hydrogen-bond acceptors (Lipinski definition) is 2. The maximum atomic E-state index is 13.0. The predicted octanol–water partition coefficient (Wildman–Crippen LogP) is 4.25. The average molecular weight is 375 g/mol. The van der Waals surface area contributed by atoms with Crippen LogP contribution in [0.25, 0.3) is 0 Å². The number of rotatable bonds is 4. The Kier molecular flexibility index (Phi) is 7.07. The highest BCUT2D eigenvalue weighted by Gasteiger charge is 2.25. The zero-order valence-corrected chi connectivity index (χ0v) is 16.0. The van der Waals surface area contributed by atoms with Crippen LogP contribution in [0.1, 0.15) is 51.4 Å². The van der Waals surface area contributed by atoms with Crippen molar-refractivity contribution in [2.75, 3.05) is 31.5 Å². The molecule has 0 saturated carbocycles. The van der Waals surface area contributed by atoms with Crippen molar-refractivity contribution in [3.05, 3.63) is 30.1 Å². The molecule has 2 fully saturated rings. The van der Waals surface area contributed by atoms with Gasteiger partial charge in [0.2, 0.25) is 5.91 Å². The monoisotopic (exact) mass is 375 g/mol. The number of nitrogens with zero attached hydrogens (tertiary/aromatic N) is 2. The Labute approximate surface area is 160 Å². The number of nitrogens with one attached hydrogen (secondary N) is 1. The van der Waals surface area contributed by atoms with E-state index in [0.29, 0.717) is 24.6 Å². The second kappa shape index (κ2) is 9.72. The van der Waals surface area contributed by atoms with Crippen LogP contribution in [0.5, 0.6) is 0 Å². The first-order chi connectivity index (χ1) is 13.1. The molecule has 1 aromatic rings. The molecule has 1 atom stereocenters. The predicted molar refractivity (Wildman–Crippen MR) is 104 cm³/mol. The van der Waals surface area contributed by atoms with Gasteiger partial charge in [0.05, 0.1) is 0 Å². The number of amides is 3. The summed E-state index contributed by atoms with van der Waals surface area (Å²) in [5.41, 5.74) is 0.597. The van der Waals surface area contributed by atoms with Crippen molar-refractivity contribution in [1.29, 1.82) is 0 Å². The van der Waals surface area contributed by atoms with E-state index in [1.165, 1.54) is 25.0 Å². The van der Waals surface area contributed by atoms with E-state index < -0.39 is 0 Å². The van der Waals surface area contributed by atoms with Gasteiger partial charge in [-0.1, -0.05) is 12.8 Å². The highest BCUT2D eigenvalue weighted by molar-refractivity contribution is 5.89. The van der Waals surface area contributed by atoms with Crippen molar-refractivity contribution in [1.82, 2.24) is 9.80 Å². The van der Waals surface area contributed by atoms with Gasteiger partial charge in [-0.2, -0.15) is 0 Å². The van der Waals surface area contributed by atoms with Gasteiger partial charge in [-0.3, -0.25) is 4.79 Å². The molecule has 2 aliphatic heterocycles. The number of likely N-dealkylation sites (tertiary alicyclic amines) is 2. The standard InChI is InChI=1S/C21H30FN3O2/c22-18-8-10-19(11-9-18)23-21(27)25-15-5-6-17(16-25)7-12-20(26)24-13-3-1-2-4-14-24/h8-11,17H,1-7,12-16H2,(H,23,27)/t17-/m0/s1. The maximum Gasteiger partial charge on any atom is 0.321 e. The Bertz CT molecular complexity index is 627. The number of halogens is 1. The van der Waals surface area contributed by atoms with Gasteiger partial charge in [-0.15, -0.1) is 0 Å². The van der Waals surface area contributed by atoms with Gasteiger partial charge in [0.1, 0.15) is 5.82 Å². The van der Waals surface area contributed by atoms with E-state index in [4.69, 9.17) is 0 Å². The highest BCUT2D eigenvalue weighted by atomic mass is 19.1. The molecular weight excluding hydrogens is 345 g/mol. The Morgan fingerprint density at radius 3 is 2.33 bits per heavy atom. The molecule has 0 radical (unpaired) electrons. The van der Waals surface area contributed by atoms with Crippen molar-refractivity contribution in [3.63, 3.8) is 0 Å². The van der Waals surface area contributed by atoms with E-state index in [1.807, 2.05) is 9.80 Å². The van der Waals surface area contributed by atoms with Crippen LogP contribution < -0.4 is 5.32 Å². The number of piperidine rings is 1. The third-order valence-corrected chi connectivity index (χ3v) is 5.63. The molecule has 0 spiro atoms. The lowest BCUT2D eigenvalue weighted by Crippen LogP contribution is -2.42. The Balaban J connectivity index is 1.45. The fraction of sp³-hybridized carbons (Fsp3) is 0.619. The molecule has 3 amide bonds. The summed E-state index contributed by atoms with van der Waals surface area (Å²) < 4.78 is 13.0. The zero-order valence-electron chi connectivity index (χ0n) is 16.0. The third-order valence-electron chi connectivity index (χ3n) is 5.63. The lowest BCUT2D eigenvalue weighted by atomic mass is 9.93. The Hall–Kier alpha value is -2.11. The van der Waals surface area contributed by atoms with Crippen LogP contribution in [0.4, 0.5) is 14.9 Å². The molecule has 1 N–H and O–H groups in total. The highest BCUT2D eigenvalue weighted by Crippen LogP contribution is 2.23. The summed E-state index contributed by atoms with van der Waals surface area (Å²) in [4.78, 5) is 28.8. The third kappa shape index (κ3) is 5.94. The molecule has 0 aliphatic carbocycles. The van der Waals surface area contributed by atoms with Gasteiger partial charge in [0.15, 0.2) is 0 Å². The fourth-order valence-corrected chi connectivity index (χ4v) is 4.03. The van der Waals surface area contributed by atoms with Gasteiger partial charge < -0.3 is 15.1 Å². The van der Waals surface area contributed by atoms with E-state index in [0.717, 1.165) is 51.7 Å². The minimum absolute atomic E-state index is 0.148. The molecule has 2 saturated heterocycles. The number of anilines is 1. The molecule has 2 aliphatic rings. The Morgan fingerprint density at radius 2 is 1.63 bits per heavy atom. The normalized spacial score (nSPS) is 20.9. The summed E-state index contributed by atoms with van der Waals surface area (Å²) in [7, 11) is 0. The van der Waals surface area contributed by atoms with Crippen molar-refractivity contribution < 1.29 is 14.0 Å². The minimum Gasteiger partial charge on any atom is -0.343 e. The molecule has 6 heteroatoms. The average Bonchev–Trinajstić information content (AvgIpc) is 2.98. The molecule has 27 heavy (non-hydrogen) atoms. The summed E-state index contributed by atoms with van der Waals surface area (Å²) >= 11 is 0. The van der Waals surface area contributed by atoms with Crippen LogP contribution in [0.15, 0.2) is 24.3 Å². The Morgan fingerprint density at radius 1 is 0.963 bits per heavy atom. The van der Waals surface area contributed by atoms with Crippen LogP contribution in [0.2, 0.25) is 0 Å². The maximum absolute atomic E-state index is 13.0. The number of urea groups is 1. The lowest BCUT2D eigenvalue weighted by molar-refractivity contribution is -0.131. The van der Waals surface area contributed by atoms with E-state index >= 15 is 0 Å². The molecule has 0 aromatic heterocycles. The van der Waals surface area contributed by atoms with Gasteiger partial charge >= 0.3 is 6.03 Å². The number of carbonyl (C=O) groups excluding carboxylic acids is 2. The van der Waals surface area contributed by atoms with Crippen LogP contribution >= 0.6 is 0 Å². The molecule has 1 aromatic carbocycles. The summed E-state index contributed by atoms with van der Waals surface area (Å²) in [5.74, 6) is 0.318. The quantitative estimate of drug-likeness (QED) is 0.855. The molecule has 5 nitrogen and oxygen atoms in total. The molecule has 148 valence electrons. The summed E-state index contributed by atoms with van der Waals surface area (Å²) in [6.07, 6.45) is 8.13. The van der Waals surface area contributed by atoms with Crippen molar-refractivity contribution >= 4 is 17.6 Å². The van der Waals surface area contributed by atoms with Crippen LogP contribution in [0.3, 0.4) is 0 Å². The van der Waals surface area contributed by atoms with E-state index in [1.54, 1.807) is 12.1 Å². The number of hydrogen-bond donors (Lipinski definition) is 1. The number of benzene rings is 1. The summed E-state index contributed by atoms with van der Waals surface area (Å²) in [6.45, 7) is 3.20. The van der Waals surface area contributed by atoms with Crippen molar-refractivity contribution in [2.24, 2.45) is 5.92 Å². The van der Waals surface area contributed by atoms with Gasteiger partial charge in [-0.05, 0) is 62.3 Å². The SMILES string of the molecule is O=C(CC[C@@H]1CCCN(C(=O)Nc2ccc(F)cc2)C1)N1CCCCCC1. The van der Waals surface area contributed by atoms with Crippen LogP contribution in [-0.4, -0.2) is 47.9 Å². The van der Waals surface area contributed by atoms with E-state index in [9.17, 15) is 14.0 Å². The topological polar surface area (TPSA) is 52.7 Å². The smallest absolute Gasteiger partial charge is 0.321 e. The van der Waals surface area contributed by atoms with Gasteiger partial charge in [0, 0.05) is 38.3 Å². The van der Waals surface area contributed by atoms with Crippen molar-refractivity contribution in [2.45, 2.75) is 51.4 Å². The number of carbonyl (C=O) groups is 2. The summed E-state index contributed by atoms with van der Waals surface area (Å²) in [5, 5.41) is 2.83. The second-order valence-electron chi connectivity index (χ2n) is 7.72. The minimum atomic E-state index is -0.319. The van der Waals surface area contributed by atoms with Gasteiger partial charge in [-0.25, -0.2) is 9.18 Å². The van der Waals surface area contributed by atoms with Crippen molar-refractivity contribution in [3.8, 4) is 0 Å². The molecule has 0 unspecified atom stereocenters. The second-order valence-corrected chi connectivity index (χ2v) is 7.72. The van der Waals surface area contributed by atoms with Gasteiger partial charge in [0.25, 0.3) is 0 Å². The zero-order chi connectivity index (χ0) is 19.1. The molecule has 2 heterocycles. The molecular formula is C21H30FN3O2.